The predicted octanol–water partition coefficient (Wildman–Crippen LogP) is 3.26. The van der Waals surface area contributed by atoms with Gasteiger partial charge in [0.2, 0.25) is 5.91 Å². The average Bonchev–Trinajstić information content (AvgIpc) is 2.97. The second-order valence-corrected chi connectivity index (χ2v) is 7.55. The molecule has 0 aromatic heterocycles. The van der Waals surface area contributed by atoms with Crippen LogP contribution in [0.15, 0.2) is 48.5 Å². The van der Waals surface area contributed by atoms with Crippen molar-refractivity contribution in [1.29, 1.82) is 0 Å². The van der Waals surface area contributed by atoms with Crippen molar-refractivity contribution in [2.24, 2.45) is 5.73 Å². The number of hydrogen-bond donors (Lipinski definition) is 1. The van der Waals surface area contributed by atoms with Gasteiger partial charge in [0.15, 0.2) is 0 Å². The number of nitrogens with zero attached hydrogens (tertiary/aromatic N) is 1. The maximum absolute atomic E-state index is 12.7. The highest BCUT2D eigenvalue weighted by Gasteiger charge is 2.52. The third-order valence-corrected chi connectivity index (χ3v) is 6.25. The smallest absolute Gasteiger partial charge is 0.228 e. The normalized spacial score (nSPS) is 26.7. The lowest BCUT2D eigenvalue weighted by atomic mass is 9.69. The first-order valence-corrected chi connectivity index (χ1v) is 9.45. The Morgan fingerprint density at radius 3 is 2.37 bits per heavy atom. The molecule has 2 aliphatic heterocycles. The second kappa shape index (κ2) is 6.80. The van der Waals surface area contributed by atoms with Gasteiger partial charge in [-0.1, -0.05) is 24.3 Å². The largest absolute Gasteiger partial charge is 0.497 e. The van der Waals surface area contributed by atoms with Crippen LogP contribution in [0.3, 0.4) is 0 Å². The Morgan fingerprint density at radius 1 is 1.04 bits per heavy atom. The SMILES string of the molecule is COc1cccc(C2(C(N)=O)CC3CCC(C2)N3c2ccccc2OC)c1. The van der Waals surface area contributed by atoms with Crippen LogP contribution in [0, 0.1) is 0 Å². The van der Waals surface area contributed by atoms with Crippen molar-refractivity contribution in [3.05, 3.63) is 54.1 Å². The number of fused-ring (bicyclic) bond motifs is 2. The van der Waals surface area contributed by atoms with Crippen LogP contribution >= 0.6 is 0 Å². The number of carbonyl (C=O) groups excluding carboxylic acids is 1. The van der Waals surface area contributed by atoms with E-state index in [9.17, 15) is 4.79 Å². The third kappa shape index (κ3) is 2.82. The molecule has 4 rings (SSSR count). The first kappa shape index (κ1) is 17.7. The number of ether oxygens (including phenoxy) is 2. The van der Waals surface area contributed by atoms with Crippen LogP contribution in [0.4, 0.5) is 5.69 Å². The Labute approximate surface area is 160 Å². The molecule has 0 aliphatic carbocycles. The highest BCUT2D eigenvalue weighted by Crippen LogP contribution is 2.50. The standard InChI is InChI=1S/C22H26N2O3/c1-26-18-7-5-6-15(12-18)22(21(23)25)13-16-10-11-17(14-22)24(16)19-8-3-4-9-20(19)27-2/h3-9,12,16-17H,10-11,13-14H2,1-2H3,(H2,23,25). The van der Waals surface area contributed by atoms with Crippen LogP contribution in [-0.2, 0) is 10.2 Å². The second-order valence-electron chi connectivity index (χ2n) is 7.55. The quantitative estimate of drug-likeness (QED) is 0.882. The van der Waals surface area contributed by atoms with Crippen molar-refractivity contribution in [3.63, 3.8) is 0 Å². The first-order chi connectivity index (χ1) is 13.1. The molecule has 2 heterocycles. The van der Waals surface area contributed by atoms with Crippen LogP contribution in [0.5, 0.6) is 11.5 Å². The van der Waals surface area contributed by atoms with Crippen LogP contribution in [0.25, 0.3) is 0 Å². The van der Waals surface area contributed by atoms with Crippen molar-refractivity contribution in [3.8, 4) is 11.5 Å². The number of methoxy groups -OCH3 is 2. The molecule has 2 bridgehead atoms. The number of benzene rings is 2. The van der Waals surface area contributed by atoms with Crippen molar-refractivity contribution >= 4 is 11.6 Å². The van der Waals surface area contributed by atoms with E-state index >= 15 is 0 Å². The van der Waals surface area contributed by atoms with Crippen molar-refractivity contribution < 1.29 is 14.3 Å². The molecule has 0 saturated carbocycles. The molecular weight excluding hydrogens is 340 g/mol. The fourth-order valence-electron chi connectivity index (χ4n) is 4.99. The average molecular weight is 366 g/mol. The van der Waals surface area contributed by atoms with Gasteiger partial charge in [-0.2, -0.15) is 0 Å². The fourth-order valence-corrected chi connectivity index (χ4v) is 4.99. The van der Waals surface area contributed by atoms with Gasteiger partial charge in [0.1, 0.15) is 11.5 Å². The molecule has 2 aromatic carbocycles. The van der Waals surface area contributed by atoms with E-state index < -0.39 is 5.41 Å². The minimum Gasteiger partial charge on any atom is -0.497 e. The molecule has 2 saturated heterocycles. The number of carbonyl (C=O) groups is 1. The summed E-state index contributed by atoms with van der Waals surface area (Å²) >= 11 is 0. The predicted molar refractivity (Wildman–Crippen MR) is 105 cm³/mol. The fraction of sp³-hybridized carbons (Fsp3) is 0.409. The summed E-state index contributed by atoms with van der Waals surface area (Å²) in [5, 5.41) is 0. The number of primary amides is 1. The number of hydrogen-bond acceptors (Lipinski definition) is 4. The van der Waals surface area contributed by atoms with Gasteiger partial charge >= 0.3 is 0 Å². The lowest BCUT2D eigenvalue weighted by molar-refractivity contribution is -0.124. The third-order valence-electron chi connectivity index (χ3n) is 6.25. The molecule has 1 amide bonds. The highest BCUT2D eigenvalue weighted by atomic mass is 16.5. The highest BCUT2D eigenvalue weighted by molar-refractivity contribution is 5.88. The molecule has 2 aliphatic rings. The Kier molecular flexibility index (Phi) is 4.46. The van der Waals surface area contributed by atoms with Crippen molar-refractivity contribution in [1.82, 2.24) is 0 Å². The van der Waals surface area contributed by atoms with E-state index in [0.717, 1.165) is 35.6 Å². The maximum Gasteiger partial charge on any atom is 0.228 e. The minimum atomic E-state index is -0.654. The topological polar surface area (TPSA) is 64.8 Å². The summed E-state index contributed by atoms with van der Waals surface area (Å²) in [4.78, 5) is 15.1. The zero-order valence-corrected chi connectivity index (χ0v) is 15.9. The molecule has 2 N–H and O–H groups in total. The van der Waals surface area contributed by atoms with Gasteiger partial charge in [0, 0.05) is 12.1 Å². The van der Waals surface area contributed by atoms with Crippen LogP contribution in [0.1, 0.15) is 31.2 Å². The van der Waals surface area contributed by atoms with Gasteiger partial charge in [-0.25, -0.2) is 0 Å². The first-order valence-electron chi connectivity index (χ1n) is 9.45. The summed E-state index contributed by atoms with van der Waals surface area (Å²) in [6.45, 7) is 0. The van der Waals surface area contributed by atoms with E-state index in [1.54, 1.807) is 14.2 Å². The molecule has 142 valence electrons. The number of anilines is 1. The summed E-state index contributed by atoms with van der Waals surface area (Å²) in [6.07, 6.45) is 3.54. The zero-order chi connectivity index (χ0) is 19.0. The number of nitrogens with two attached hydrogens (primary N) is 1. The minimum absolute atomic E-state index is 0.243. The molecule has 2 atom stereocenters. The van der Waals surface area contributed by atoms with Gasteiger partial charge in [0.25, 0.3) is 0 Å². The molecule has 0 radical (unpaired) electrons. The molecule has 0 spiro atoms. The van der Waals surface area contributed by atoms with E-state index in [1.165, 1.54) is 0 Å². The Balaban J connectivity index is 1.73. The zero-order valence-electron chi connectivity index (χ0n) is 15.9. The van der Waals surface area contributed by atoms with Gasteiger partial charge in [0.05, 0.1) is 25.3 Å². The lowest BCUT2D eigenvalue weighted by Gasteiger charge is -2.46. The summed E-state index contributed by atoms with van der Waals surface area (Å²) in [5.74, 6) is 1.39. The van der Waals surface area contributed by atoms with E-state index in [-0.39, 0.29) is 18.0 Å². The van der Waals surface area contributed by atoms with E-state index in [0.29, 0.717) is 12.8 Å². The molecular formula is C22H26N2O3. The Hall–Kier alpha value is -2.69. The molecule has 27 heavy (non-hydrogen) atoms. The van der Waals surface area contributed by atoms with Crippen LogP contribution < -0.4 is 20.1 Å². The number of piperidine rings is 1. The Morgan fingerprint density at radius 2 is 1.74 bits per heavy atom. The Bertz CT molecular complexity index is 837. The molecule has 2 unspecified atom stereocenters. The van der Waals surface area contributed by atoms with Crippen molar-refractivity contribution in [2.75, 3.05) is 19.1 Å². The molecule has 2 aromatic rings. The van der Waals surface area contributed by atoms with E-state index in [1.807, 2.05) is 42.5 Å². The van der Waals surface area contributed by atoms with E-state index in [2.05, 4.69) is 11.0 Å². The summed E-state index contributed by atoms with van der Waals surface area (Å²) in [6, 6.07) is 16.4. The summed E-state index contributed by atoms with van der Waals surface area (Å²) < 4.78 is 11.0. The summed E-state index contributed by atoms with van der Waals surface area (Å²) in [5.41, 5.74) is 7.41. The molecule has 5 nitrogen and oxygen atoms in total. The number of amides is 1. The van der Waals surface area contributed by atoms with Gasteiger partial charge in [-0.15, -0.1) is 0 Å². The summed E-state index contributed by atoms with van der Waals surface area (Å²) in [7, 11) is 3.35. The van der Waals surface area contributed by atoms with E-state index in [4.69, 9.17) is 15.2 Å². The van der Waals surface area contributed by atoms with Gasteiger partial charge in [-0.3, -0.25) is 4.79 Å². The van der Waals surface area contributed by atoms with Crippen LogP contribution in [-0.4, -0.2) is 32.2 Å². The number of para-hydroxylation sites is 2. The molecule has 2 fully saturated rings. The lowest BCUT2D eigenvalue weighted by Crippen LogP contribution is -2.55. The monoisotopic (exact) mass is 366 g/mol. The number of rotatable bonds is 5. The molecule has 5 heteroatoms. The van der Waals surface area contributed by atoms with Gasteiger partial charge < -0.3 is 20.1 Å². The van der Waals surface area contributed by atoms with Crippen molar-refractivity contribution in [2.45, 2.75) is 43.2 Å². The maximum atomic E-state index is 12.7. The van der Waals surface area contributed by atoms with Crippen LogP contribution in [0.2, 0.25) is 0 Å². The van der Waals surface area contributed by atoms with Gasteiger partial charge in [-0.05, 0) is 55.5 Å².